The molecule has 0 amide bonds. The van der Waals surface area contributed by atoms with Gasteiger partial charge >= 0.3 is 0 Å². The Kier molecular flexibility index (Phi) is 6.18. The maximum absolute atomic E-state index is 4.49. The molecule has 1 aromatic heterocycles. The molecule has 96 valence electrons. The molecule has 0 radical (unpaired) electrons. The minimum atomic E-state index is 0. The molecular formula is C11H19IN4S. The molecule has 1 aliphatic rings. The van der Waals surface area contributed by atoms with E-state index in [2.05, 4.69) is 32.9 Å². The summed E-state index contributed by atoms with van der Waals surface area (Å²) in [5.41, 5.74) is 1.11. The Hall–Kier alpha value is -0.370. The quantitative estimate of drug-likeness (QED) is 0.806. The van der Waals surface area contributed by atoms with Crippen molar-refractivity contribution in [2.75, 3.05) is 19.6 Å². The lowest BCUT2D eigenvalue weighted by molar-refractivity contribution is 0.662. The Morgan fingerprint density at radius 1 is 1.59 bits per heavy atom. The first kappa shape index (κ1) is 14.7. The molecule has 0 aromatic carbocycles. The maximum Gasteiger partial charge on any atom is 0.191 e. The summed E-state index contributed by atoms with van der Waals surface area (Å²) in [6.07, 6.45) is 1.13. The third kappa shape index (κ3) is 4.42. The fourth-order valence-corrected chi connectivity index (χ4v) is 2.44. The van der Waals surface area contributed by atoms with Gasteiger partial charge in [0.1, 0.15) is 0 Å². The largest absolute Gasteiger partial charge is 0.356 e. The molecular weight excluding hydrogens is 347 g/mol. The molecule has 0 saturated heterocycles. The van der Waals surface area contributed by atoms with E-state index in [9.17, 15) is 0 Å². The Balaban J connectivity index is 0.00000144. The molecule has 6 heteroatoms. The molecule has 0 aliphatic carbocycles. The highest BCUT2D eigenvalue weighted by molar-refractivity contribution is 14.0. The highest BCUT2D eigenvalue weighted by atomic mass is 127. The van der Waals surface area contributed by atoms with Crippen LogP contribution in [0.3, 0.4) is 0 Å². The number of hydrogen-bond donors (Lipinski definition) is 2. The van der Waals surface area contributed by atoms with Crippen LogP contribution in [0.5, 0.6) is 0 Å². The highest BCUT2D eigenvalue weighted by Crippen LogP contribution is 2.18. The van der Waals surface area contributed by atoms with Crippen molar-refractivity contribution in [1.29, 1.82) is 0 Å². The van der Waals surface area contributed by atoms with Gasteiger partial charge in [0, 0.05) is 36.6 Å². The number of nitrogens with one attached hydrogen (secondary N) is 2. The predicted octanol–water partition coefficient (Wildman–Crippen LogP) is 2.11. The van der Waals surface area contributed by atoms with Crippen molar-refractivity contribution in [1.82, 2.24) is 15.6 Å². The van der Waals surface area contributed by atoms with Crippen LogP contribution in [0.15, 0.2) is 10.4 Å². The zero-order valence-corrected chi connectivity index (χ0v) is 13.3. The van der Waals surface area contributed by atoms with Crippen LogP contribution in [0, 0.1) is 6.92 Å². The van der Waals surface area contributed by atoms with E-state index in [-0.39, 0.29) is 24.0 Å². The summed E-state index contributed by atoms with van der Waals surface area (Å²) in [5.74, 6) is 1.37. The third-order valence-electron chi connectivity index (χ3n) is 2.53. The second kappa shape index (κ2) is 7.15. The average molecular weight is 366 g/mol. The van der Waals surface area contributed by atoms with E-state index < -0.39 is 0 Å². The molecule has 0 fully saturated rings. The zero-order chi connectivity index (χ0) is 11.4. The number of aromatic nitrogens is 1. The summed E-state index contributed by atoms with van der Waals surface area (Å²) in [7, 11) is 0. The van der Waals surface area contributed by atoms with Gasteiger partial charge in [-0.3, -0.25) is 4.99 Å². The summed E-state index contributed by atoms with van der Waals surface area (Å²) in [4.78, 5) is 8.87. The number of nitrogens with zero attached hydrogens (tertiary/aromatic N) is 2. The Morgan fingerprint density at radius 3 is 3.00 bits per heavy atom. The van der Waals surface area contributed by atoms with E-state index in [1.54, 1.807) is 11.3 Å². The molecule has 1 unspecified atom stereocenters. The number of rotatable bonds is 3. The molecule has 17 heavy (non-hydrogen) atoms. The first-order valence-electron chi connectivity index (χ1n) is 5.70. The maximum atomic E-state index is 4.49. The van der Waals surface area contributed by atoms with Crippen LogP contribution in [0.2, 0.25) is 0 Å². The van der Waals surface area contributed by atoms with Gasteiger partial charge < -0.3 is 10.6 Å². The molecule has 2 heterocycles. The van der Waals surface area contributed by atoms with Gasteiger partial charge in [-0.25, -0.2) is 4.98 Å². The standard InChI is InChI=1S/C11H18N4S.HI/c1-8(10-15-9(2)7-16-10)6-14-11-12-4-3-5-13-11;/h7-8H,3-6H2,1-2H3,(H2,12,13,14);1H. The molecule has 0 bridgehead atoms. The molecule has 2 rings (SSSR count). The van der Waals surface area contributed by atoms with Gasteiger partial charge in [-0.1, -0.05) is 6.92 Å². The minimum Gasteiger partial charge on any atom is -0.356 e. The summed E-state index contributed by atoms with van der Waals surface area (Å²) in [6, 6.07) is 0. The lowest BCUT2D eigenvalue weighted by Gasteiger charge is -2.17. The van der Waals surface area contributed by atoms with Crippen LogP contribution in [-0.4, -0.2) is 30.6 Å². The van der Waals surface area contributed by atoms with Crippen LogP contribution >= 0.6 is 35.3 Å². The van der Waals surface area contributed by atoms with E-state index in [4.69, 9.17) is 0 Å². The van der Waals surface area contributed by atoms with E-state index in [0.29, 0.717) is 5.92 Å². The Labute approximate surface area is 123 Å². The van der Waals surface area contributed by atoms with Crippen LogP contribution in [0.25, 0.3) is 0 Å². The monoisotopic (exact) mass is 366 g/mol. The molecule has 1 aliphatic heterocycles. The lowest BCUT2D eigenvalue weighted by atomic mass is 10.2. The number of thiazole rings is 1. The fraction of sp³-hybridized carbons (Fsp3) is 0.636. The van der Waals surface area contributed by atoms with E-state index in [1.165, 1.54) is 5.01 Å². The third-order valence-corrected chi connectivity index (χ3v) is 3.73. The van der Waals surface area contributed by atoms with E-state index >= 15 is 0 Å². The van der Waals surface area contributed by atoms with Gasteiger partial charge in [0.25, 0.3) is 0 Å². The summed E-state index contributed by atoms with van der Waals surface area (Å²) in [6.45, 7) is 7.07. The van der Waals surface area contributed by atoms with Crippen molar-refractivity contribution >= 4 is 41.3 Å². The minimum absolute atomic E-state index is 0. The summed E-state index contributed by atoms with van der Waals surface area (Å²) < 4.78 is 0. The average Bonchev–Trinajstić information content (AvgIpc) is 2.74. The van der Waals surface area contributed by atoms with Crippen molar-refractivity contribution in [3.63, 3.8) is 0 Å². The second-order valence-corrected chi connectivity index (χ2v) is 5.01. The summed E-state index contributed by atoms with van der Waals surface area (Å²) >= 11 is 1.73. The second-order valence-electron chi connectivity index (χ2n) is 4.12. The Morgan fingerprint density at radius 2 is 2.41 bits per heavy atom. The molecule has 2 N–H and O–H groups in total. The van der Waals surface area contributed by atoms with Gasteiger partial charge in [-0.15, -0.1) is 35.3 Å². The molecule has 4 nitrogen and oxygen atoms in total. The Bertz CT molecular complexity index is 377. The lowest BCUT2D eigenvalue weighted by Crippen LogP contribution is -2.42. The van der Waals surface area contributed by atoms with E-state index in [1.807, 2.05) is 6.92 Å². The van der Waals surface area contributed by atoms with Crippen LogP contribution in [0.4, 0.5) is 0 Å². The SMILES string of the molecule is Cc1csc(C(C)CNC2=NCCCN2)n1.I. The van der Waals surface area contributed by atoms with Crippen LogP contribution in [-0.2, 0) is 0 Å². The molecule has 1 atom stereocenters. The van der Waals surface area contributed by atoms with Crippen molar-refractivity contribution in [3.05, 3.63) is 16.1 Å². The van der Waals surface area contributed by atoms with Crippen LogP contribution < -0.4 is 10.6 Å². The first-order valence-corrected chi connectivity index (χ1v) is 6.58. The van der Waals surface area contributed by atoms with Gasteiger partial charge in [-0.2, -0.15) is 0 Å². The number of guanidine groups is 1. The van der Waals surface area contributed by atoms with Gasteiger partial charge in [0.2, 0.25) is 0 Å². The van der Waals surface area contributed by atoms with Gasteiger partial charge in [0.15, 0.2) is 5.96 Å². The fourth-order valence-electron chi connectivity index (χ4n) is 1.59. The topological polar surface area (TPSA) is 49.3 Å². The van der Waals surface area contributed by atoms with E-state index in [0.717, 1.165) is 37.7 Å². The highest BCUT2D eigenvalue weighted by Gasteiger charge is 2.11. The molecule has 1 aromatic rings. The molecule has 0 saturated carbocycles. The number of halogens is 1. The summed E-state index contributed by atoms with van der Waals surface area (Å²) in [5, 5.41) is 9.88. The van der Waals surface area contributed by atoms with Crippen LogP contribution in [0.1, 0.15) is 30.0 Å². The smallest absolute Gasteiger partial charge is 0.191 e. The van der Waals surface area contributed by atoms with Crippen molar-refractivity contribution < 1.29 is 0 Å². The van der Waals surface area contributed by atoms with Crippen molar-refractivity contribution in [2.45, 2.75) is 26.2 Å². The first-order chi connectivity index (χ1) is 7.75. The normalized spacial score (nSPS) is 16.5. The molecule has 0 spiro atoms. The zero-order valence-electron chi connectivity index (χ0n) is 10.2. The van der Waals surface area contributed by atoms with Gasteiger partial charge in [-0.05, 0) is 13.3 Å². The number of aliphatic imine (C=N–C) groups is 1. The van der Waals surface area contributed by atoms with Crippen molar-refractivity contribution in [3.8, 4) is 0 Å². The number of aryl methyl sites for hydroxylation is 1. The predicted molar refractivity (Wildman–Crippen MR) is 83.6 cm³/mol. The van der Waals surface area contributed by atoms with Gasteiger partial charge in [0.05, 0.1) is 5.01 Å². The van der Waals surface area contributed by atoms with Crippen molar-refractivity contribution in [2.24, 2.45) is 4.99 Å². The number of hydrogen-bond acceptors (Lipinski definition) is 5.